The third-order valence-electron chi connectivity index (χ3n) is 4.26. The molecule has 6 nitrogen and oxygen atoms in total. The molecule has 134 valence electrons. The van der Waals surface area contributed by atoms with Crippen LogP contribution in [0.2, 0.25) is 0 Å². The maximum Gasteiger partial charge on any atom is 0.339 e. The van der Waals surface area contributed by atoms with Gasteiger partial charge in [-0.2, -0.15) is 0 Å². The highest BCUT2D eigenvalue weighted by Gasteiger charge is 2.17. The Balaban J connectivity index is 1.88. The van der Waals surface area contributed by atoms with Crippen molar-refractivity contribution in [2.75, 3.05) is 12.4 Å². The maximum atomic E-state index is 12.1. The van der Waals surface area contributed by atoms with Gasteiger partial charge in [0.2, 0.25) is 0 Å². The molecule has 0 aliphatic carbocycles. The normalized spacial score (nSPS) is 10.7. The first-order chi connectivity index (χ1) is 13.2. The third kappa shape index (κ3) is 3.08. The molecule has 0 atom stereocenters. The fraction of sp³-hybridized carbons (Fsp3) is 0.0476. The number of nitrogens with one attached hydrogen (secondary N) is 1. The number of fused-ring (bicyclic) bond motifs is 1. The van der Waals surface area contributed by atoms with E-state index in [2.05, 4.69) is 5.32 Å². The summed E-state index contributed by atoms with van der Waals surface area (Å²) in [6.07, 6.45) is 1.90. The van der Waals surface area contributed by atoms with E-state index in [0.717, 1.165) is 11.2 Å². The van der Waals surface area contributed by atoms with Crippen LogP contribution in [-0.2, 0) is 4.74 Å². The predicted octanol–water partition coefficient (Wildman–Crippen LogP) is 4.24. The number of phenolic OH excluding ortho intramolecular Hbond substituents is 1. The fourth-order valence-electron chi connectivity index (χ4n) is 2.94. The number of pyridine rings is 1. The van der Waals surface area contributed by atoms with Crippen molar-refractivity contribution in [3.63, 3.8) is 0 Å². The predicted molar refractivity (Wildman–Crippen MR) is 103 cm³/mol. The highest BCUT2D eigenvalue weighted by molar-refractivity contribution is 5.97. The molecule has 0 amide bonds. The van der Waals surface area contributed by atoms with E-state index in [1.807, 2.05) is 40.9 Å². The van der Waals surface area contributed by atoms with Crippen LogP contribution in [0.1, 0.15) is 10.4 Å². The lowest BCUT2D eigenvalue weighted by Gasteiger charge is -2.12. The molecule has 2 aromatic heterocycles. The Morgan fingerprint density at radius 2 is 1.78 bits per heavy atom. The fourth-order valence-corrected chi connectivity index (χ4v) is 2.94. The molecule has 0 spiro atoms. The number of ether oxygens (including phenoxy) is 1. The number of benzene rings is 2. The van der Waals surface area contributed by atoms with Gasteiger partial charge in [-0.1, -0.05) is 18.2 Å². The number of aromatic nitrogens is 2. The van der Waals surface area contributed by atoms with Gasteiger partial charge in [0, 0.05) is 11.8 Å². The molecule has 4 rings (SSSR count). The van der Waals surface area contributed by atoms with E-state index in [1.165, 1.54) is 7.11 Å². The van der Waals surface area contributed by atoms with E-state index < -0.39 is 5.97 Å². The smallest absolute Gasteiger partial charge is 0.339 e. The molecule has 4 aromatic rings. The molecule has 0 unspecified atom stereocenters. The van der Waals surface area contributed by atoms with Crippen LogP contribution in [0, 0.1) is 0 Å². The maximum absolute atomic E-state index is 12.1. The van der Waals surface area contributed by atoms with Gasteiger partial charge >= 0.3 is 5.97 Å². The van der Waals surface area contributed by atoms with E-state index in [1.54, 1.807) is 36.4 Å². The van der Waals surface area contributed by atoms with Crippen molar-refractivity contribution < 1.29 is 14.6 Å². The molecule has 0 radical (unpaired) electrons. The second-order valence-electron chi connectivity index (χ2n) is 5.95. The second kappa shape index (κ2) is 6.84. The molecule has 0 saturated carbocycles. The van der Waals surface area contributed by atoms with E-state index >= 15 is 0 Å². The first-order valence-electron chi connectivity index (χ1n) is 8.38. The van der Waals surface area contributed by atoms with E-state index in [9.17, 15) is 9.90 Å². The van der Waals surface area contributed by atoms with Gasteiger partial charge in [0.1, 0.15) is 22.9 Å². The summed E-state index contributed by atoms with van der Waals surface area (Å²) in [7, 11) is 1.36. The number of imidazole rings is 1. The topological polar surface area (TPSA) is 75.9 Å². The second-order valence-corrected chi connectivity index (χ2v) is 5.95. The zero-order chi connectivity index (χ0) is 18.8. The number of hydrogen-bond donors (Lipinski definition) is 2. The van der Waals surface area contributed by atoms with Crippen LogP contribution in [0.3, 0.4) is 0 Å². The average Bonchev–Trinajstić information content (AvgIpc) is 3.07. The molecular formula is C21H17N3O3. The van der Waals surface area contributed by atoms with E-state index in [0.29, 0.717) is 22.8 Å². The molecule has 0 aliphatic heterocycles. The molecule has 2 aromatic carbocycles. The Morgan fingerprint density at radius 1 is 1.04 bits per heavy atom. The first kappa shape index (κ1) is 16.7. The summed E-state index contributed by atoms with van der Waals surface area (Å²) in [4.78, 5) is 16.8. The summed E-state index contributed by atoms with van der Waals surface area (Å²) in [6.45, 7) is 0. The molecule has 2 N–H and O–H groups in total. The van der Waals surface area contributed by atoms with Crippen molar-refractivity contribution in [2.24, 2.45) is 0 Å². The lowest BCUT2D eigenvalue weighted by atomic mass is 10.1. The minimum absolute atomic E-state index is 0.188. The molecule has 0 saturated heterocycles. The van der Waals surface area contributed by atoms with Gasteiger partial charge in [0.05, 0.1) is 18.4 Å². The lowest BCUT2D eigenvalue weighted by Crippen LogP contribution is -2.06. The number of carbonyl (C=O) groups is 1. The molecule has 0 bridgehead atoms. The highest BCUT2D eigenvalue weighted by atomic mass is 16.5. The number of rotatable bonds is 4. The van der Waals surface area contributed by atoms with E-state index in [-0.39, 0.29) is 5.75 Å². The first-order valence-corrected chi connectivity index (χ1v) is 8.38. The number of aromatic hydroxyl groups is 1. The van der Waals surface area contributed by atoms with Gasteiger partial charge in [-0.3, -0.25) is 4.40 Å². The molecular weight excluding hydrogens is 342 g/mol. The summed E-state index contributed by atoms with van der Waals surface area (Å²) in [5.41, 5.74) is 3.37. The number of anilines is 2. The molecule has 0 fully saturated rings. The Hall–Kier alpha value is -3.80. The standard InChI is InChI=1S/C21H17N3O3/c1-27-21(26)16-6-2-3-7-17(16)22-20-19(14-9-11-15(25)12-10-14)23-18-8-4-5-13-24(18)20/h2-13,22,25H,1H3. The monoisotopic (exact) mass is 359 g/mol. The van der Waals surface area contributed by atoms with Crippen LogP contribution in [0.4, 0.5) is 11.5 Å². The lowest BCUT2D eigenvalue weighted by molar-refractivity contribution is 0.0602. The number of carbonyl (C=O) groups excluding carboxylic acids is 1. The van der Waals surface area contributed by atoms with Crippen molar-refractivity contribution >= 4 is 23.1 Å². The van der Waals surface area contributed by atoms with Crippen molar-refractivity contribution in [1.82, 2.24) is 9.38 Å². The summed E-state index contributed by atoms with van der Waals surface area (Å²) in [5.74, 6) is 0.485. The quantitative estimate of drug-likeness (QED) is 0.533. The largest absolute Gasteiger partial charge is 0.508 e. The Bertz CT molecular complexity index is 1120. The molecule has 0 aliphatic rings. The minimum Gasteiger partial charge on any atom is -0.508 e. The zero-order valence-corrected chi connectivity index (χ0v) is 14.6. The number of methoxy groups -OCH3 is 1. The molecule has 6 heteroatoms. The van der Waals surface area contributed by atoms with Gasteiger partial charge in [0.15, 0.2) is 0 Å². The zero-order valence-electron chi connectivity index (χ0n) is 14.6. The van der Waals surface area contributed by atoms with Crippen LogP contribution in [0.15, 0.2) is 72.9 Å². The highest BCUT2D eigenvalue weighted by Crippen LogP contribution is 2.32. The number of nitrogens with zero attached hydrogens (tertiary/aromatic N) is 2. The van der Waals surface area contributed by atoms with Gasteiger partial charge in [0.25, 0.3) is 0 Å². The average molecular weight is 359 g/mol. The SMILES string of the molecule is COC(=O)c1ccccc1Nc1c(-c2ccc(O)cc2)nc2ccccn12. The summed E-state index contributed by atoms with van der Waals surface area (Å²) < 4.78 is 6.80. The third-order valence-corrected chi connectivity index (χ3v) is 4.26. The Morgan fingerprint density at radius 3 is 2.56 bits per heavy atom. The molecule has 27 heavy (non-hydrogen) atoms. The van der Waals surface area contributed by atoms with Crippen molar-refractivity contribution in [3.8, 4) is 17.0 Å². The number of phenols is 1. The van der Waals surface area contributed by atoms with Crippen molar-refractivity contribution in [1.29, 1.82) is 0 Å². The van der Waals surface area contributed by atoms with Crippen LogP contribution in [0.5, 0.6) is 5.75 Å². The van der Waals surface area contributed by atoms with E-state index in [4.69, 9.17) is 9.72 Å². The number of hydrogen-bond acceptors (Lipinski definition) is 5. The summed E-state index contributed by atoms with van der Waals surface area (Å²) in [5, 5.41) is 12.9. The van der Waals surface area contributed by atoms with Gasteiger partial charge in [-0.25, -0.2) is 9.78 Å². The molecule has 2 heterocycles. The van der Waals surface area contributed by atoms with Gasteiger partial charge in [-0.15, -0.1) is 0 Å². The van der Waals surface area contributed by atoms with Gasteiger partial charge in [-0.05, 0) is 48.5 Å². The van der Waals surface area contributed by atoms with Crippen LogP contribution in [0.25, 0.3) is 16.9 Å². The summed E-state index contributed by atoms with van der Waals surface area (Å²) >= 11 is 0. The van der Waals surface area contributed by atoms with Crippen molar-refractivity contribution in [2.45, 2.75) is 0 Å². The summed E-state index contributed by atoms with van der Waals surface area (Å²) in [6, 6.07) is 19.7. The number of para-hydroxylation sites is 1. The number of esters is 1. The van der Waals surface area contributed by atoms with Crippen LogP contribution in [-0.4, -0.2) is 27.6 Å². The van der Waals surface area contributed by atoms with Crippen LogP contribution < -0.4 is 5.32 Å². The minimum atomic E-state index is -0.418. The van der Waals surface area contributed by atoms with Crippen molar-refractivity contribution in [3.05, 3.63) is 78.5 Å². The van der Waals surface area contributed by atoms with Gasteiger partial charge < -0.3 is 15.2 Å². The van der Waals surface area contributed by atoms with Crippen LogP contribution >= 0.6 is 0 Å². The Kier molecular flexibility index (Phi) is 4.22. The Labute approximate surface area is 155 Å².